The molecule has 4 aromatic rings. The highest BCUT2D eigenvalue weighted by atomic mass is 14.9. The Bertz CT molecular complexity index is 732. The fourth-order valence-electron chi connectivity index (χ4n) is 2.00. The standard InChI is InChI=1S/C13H10N2.C5H5N/c1-2-6-10(7-3-1)13-14-11-8-4-5-9-12(11)15-13;1-2-4-6-5-3-1/h1-9H,(H,14,15);1-5H. The van der Waals surface area contributed by atoms with Crippen LogP contribution in [0.4, 0.5) is 0 Å². The third-order valence-electron chi connectivity index (χ3n) is 3.00. The van der Waals surface area contributed by atoms with Crippen LogP contribution in [0.25, 0.3) is 22.4 Å². The lowest BCUT2D eigenvalue weighted by molar-refractivity contribution is 1.33. The molecular weight excluding hydrogens is 258 g/mol. The molecule has 0 saturated carbocycles. The number of fused-ring (bicyclic) bond motifs is 1. The van der Waals surface area contributed by atoms with Gasteiger partial charge in [-0.25, -0.2) is 4.98 Å². The number of para-hydroxylation sites is 2. The van der Waals surface area contributed by atoms with E-state index >= 15 is 0 Å². The van der Waals surface area contributed by atoms with E-state index in [1.54, 1.807) is 12.4 Å². The average molecular weight is 273 g/mol. The first kappa shape index (κ1) is 13.1. The topological polar surface area (TPSA) is 41.6 Å². The molecule has 2 heterocycles. The summed E-state index contributed by atoms with van der Waals surface area (Å²) in [5.41, 5.74) is 3.21. The van der Waals surface area contributed by atoms with Crippen LogP contribution in [0.2, 0.25) is 0 Å². The molecule has 0 amide bonds. The van der Waals surface area contributed by atoms with E-state index in [2.05, 4.69) is 27.1 Å². The molecule has 3 heteroatoms. The van der Waals surface area contributed by atoms with Crippen molar-refractivity contribution in [2.75, 3.05) is 0 Å². The summed E-state index contributed by atoms with van der Waals surface area (Å²) in [7, 11) is 0. The second-order valence-electron chi connectivity index (χ2n) is 4.49. The van der Waals surface area contributed by atoms with Gasteiger partial charge >= 0.3 is 0 Å². The molecule has 21 heavy (non-hydrogen) atoms. The van der Waals surface area contributed by atoms with Gasteiger partial charge in [-0.2, -0.15) is 0 Å². The van der Waals surface area contributed by atoms with Crippen LogP contribution in [0, 0.1) is 0 Å². The van der Waals surface area contributed by atoms with E-state index in [4.69, 9.17) is 0 Å². The maximum Gasteiger partial charge on any atom is 0.138 e. The Morgan fingerprint density at radius 2 is 1.33 bits per heavy atom. The van der Waals surface area contributed by atoms with Gasteiger partial charge in [0.1, 0.15) is 5.82 Å². The molecule has 0 aliphatic heterocycles. The number of rotatable bonds is 1. The maximum absolute atomic E-state index is 4.53. The van der Waals surface area contributed by atoms with Crippen LogP contribution >= 0.6 is 0 Å². The van der Waals surface area contributed by atoms with Crippen molar-refractivity contribution in [1.82, 2.24) is 15.0 Å². The van der Waals surface area contributed by atoms with Crippen LogP contribution in [0.5, 0.6) is 0 Å². The monoisotopic (exact) mass is 273 g/mol. The van der Waals surface area contributed by atoms with Gasteiger partial charge in [0, 0.05) is 18.0 Å². The highest BCUT2D eigenvalue weighted by Crippen LogP contribution is 2.19. The number of aromatic nitrogens is 3. The van der Waals surface area contributed by atoms with Crippen LogP contribution in [-0.2, 0) is 0 Å². The summed E-state index contributed by atoms with van der Waals surface area (Å²) in [4.78, 5) is 11.6. The van der Waals surface area contributed by atoms with Gasteiger partial charge in [-0.15, -0.1) is 0 Å². The lowest BCUT2D eigenvalue weighted by Gasteiger charge is -1.93. The van der Waals surface area contributed by atoms with Crippen molar-refractivity contribution in [2.45, 2.75) is 0 Å². The van der Waals surface area contributed by atoms with Crippen LogP contribution in [0.15, 0.2) is 85.2 Å². The lowest BCUT2D eigenvalue weighted by atomic mass is 10.2. The van der Waals surface area contributed by atoms with E-state index in [-0.39, 0.29) is 0 Å². The Morgan fingerprint density at radius 3 is 1.95 bits per heavy atom. The first-order valence-electron chi connectivity index (χ1n) is 6.78. The Kier molecular flexibility index (Phi) is 4.03. The zero-order valence-electron chi connectivity index (χ0n) is 11.5. The molecule has 102 valence electrons. The Labute approximate surface area is 123 Å². The highest BCUT2D eigenvalue weighted by Gasteiger charge is 2.02. The summed E-state index contributed by atoms with van der Waals surface area (Å²) in [6, 6.07) is 23.9. The van der Waals surface area contributed by atoms with Crippen molar-refractivity contribution in [3.05, 3.63) is 85.2 Å². The fraction of sp³-hybridized carbons (Fsp3) is 0. The SMILES string of the molecule is c1ccc(-c2nc3ccccc3[nH]2)cc1.c1ccncc1. The van der Waals surface area contributed by atoms with Gasteiger partial charge in [0.2, 0.25) is 0 Å². The third-order valence-corrected chi connectivity index (χ3v) is 3.00. The summed E-state index contributed by atoms with van der Waals surface area (Å²) < 4.78 is 0. The average Bonchev–Trinajstić information content (AvgIpc) is 3.02. The summed E-state index contributed by atoms with van der Waals surface area (Å²) >= 11 is 0. The predicted octanol–water partition coefficient (Wildman–Crippen LogP) is 4.31. The van der Waals surface area contributed by atoms with Crippen LogP contribution in [-0.4, -0.2) is 15.0 Å². The summed E-state index contributed by atoms with van der Waals surface area (Å²) in [6.07, 6.45) is 3.50. The van der Waals surface area contributed by atoms with Gasteiger partial charge in [-0.1, -0.05) is 48.5 Å². The highest BCUT2D eigenvalue weighted by molar-refractivity contribution is 5.79. The second kappa shape index (κ2) is 6.48. The lowest BCUT2D eigenvalue weighted by Crippen LogP contribution is -1.77. The first-order valence-corrected chi connectivity index (χ1v) is 6.78. The Morgan fingerprint density at radius 1 is 0.667 bits per heavy atom. The van der Waals surface area contributed by atoms with Gasteiger partial charge < -0.3 is 4.98 Å². The van der Waals surface area contributed by atoms with E-state index in [1.165, 1.54) is 0 Å². The van der Waals surface area contributed by atoms with Gasteiger partial charge in [-0.3, -0.25) is 4.98 Å². The van der Waals surface area contributed by atoms with Gasteiger partial charge in [0.25, 0.3) is 0 Å². The molecule has 0 radical (unpaired) electrons. The van der Waals surface area contributed by atoms with E-state index in [0.717, 1.165) is 22.4 Å². The number of nitrogens with one attached hydrogen (secondary N) is 1. The Hall–Kier alpha value is -2.94. The minimum Gasteiger partial charge on any atom is -0.338 e. The molecule has 4 rings (SSSR count). The summed E-state index contributed by atoms with van der Waals surface area (Å²) in [5.74, 6) is 0.928. The second-order valence-corrected chi connectivity index (χ2v) is 4.49. The van der Waals surface area contributed by atoms with Crippen molar-refractivity contribution in [3.63, 3.8) is 0 Å². The minimum atomic E-state index is 0.928. The number of H-pyrrole nitrogens is 1. The van der Waals surface area contributed by atoms with Crippen LogP contribution in [0.1, 0.15) is 0 Å². The van der Waals surface area contributed by atoms with E-state index < -0.39 is 0 Å². The number of imidazole rings is 1. The Balaban J connectivity index is 0.000000186. The molecular formula is C18H15N3. The molecule has 0 unspecified atom stereocenters. The molecule has 3 nitrogen and oxygen atoms in total. The number of hydrogen-bond donors (Lipinski definition) is 1. The molecule has 1 N–H and O–H groups in total. The molecule has 0 saturated heterocycles. The number of hydrogen-bond acceptors (Lipinski definition) is 2. The summed E-state index contributed by atoms with van der Waals surface area (Å²) in [5, 5.41) is 0. The van der Waals surface area contributed by atoms with E-state index in [1.807, 2.05) is 60.7 Å². The van der Waals surface area contributed by atoms with Crippen LogP contribution < -0.4 is 0 Å². The number of nitrogens with zero attached hydrogens (tertiary/aromatic N) is 2. The largest absolute Gasteiger partial charge is 0.338 e. The minimum absolute atomic E-state index is 0.928. The van der Waals surface area contributed by atoms with Crippen molar-refractivity contribution < 1.29 is 0 Å². The van der Waals surface area contributed by atoms with Gasteiger partial charge in [0.05, 0.1) is 11.0 Å². The zero-order chi connectivity index (χ0) is 14.3. The smallest absolute Gasteiger partial charge is 0.138 e. The van der Waals surface area contributed by atoms with E-state index in [9.17, 15) is 0 Å². The van der Waals surface area contributed by atoms with E-state index in [0.29, 0.717) is 0 Å². The molecule has 0 spiro atoms. The third kappa shape index (κ3) is 3.34. The van der Waals surface area contributed by atoms with Gasteiger partial charge in [-0.05, 0) is 24.3 Å². The number of pyridine rings is 1. The van der Waals surface area contributed by atoms with Crippen molar-refractivity contribution in [2.24, 2.45) is 0 Å². The number of aromatic amines is 1. The molecule has 0 bridgehead atoms. The predicted molar refractivity (Wildman–Crippen MR) is 85.8 cm³/mol. The first-order chi connectivity index (χ1) is 10.4. The van der Waals surface area contributed by atoms with Crippen molar-refractivity contribution >= 4 is 11.0 Å². The zero-order valence-corrected chi connectivity index (χ0v) is 11.5. The normalized spacial score (nSPS) is 9.90. The molecule has 0 fully saturated rings. The maximum atomic E-state index is 4.53. The van der Waals surface area contributed by atoms with Crippen LogP contribution in [0.3, 0.4) is 0 Å². The van der Waals surface area contributed by atoms with Crippen molar-refractivity contribution in [1.29, 1.82) is 0 Å². The summed E-state index contributed by atoms with van der Waals surface area (Å²) in [6.45, 7) is 0. The van der Waals surface area contributed by atoms with Gasteiger partial charge in [0.15, 0.2) is 0 Å². The fourth-order valence-corrected chi connectivity index (χ4v) is 2.00. The quantitative estimate of drug-likeness (QED) is 0.561. The molecule has 2 aromatic heterocycles. The molecule has 0 aliphatic carbocycles. The van der Waals surface area contributed by atoms with Crippen molar-refractivity contribution in [3.8, 4) is 11.4 Å². The molecule has 2 aromatic carbocycles. The molecule has 0 aliphatic rings. The molecule has 0 atom stereocenters. The number of benzene rings is 2.